The van der Waals surface area contributed by atoms with Crippen molar-refractivity contribution < 1.29 is 57.3 Å². The van der Waals surface area contributed by atoms with Crippen molar-refractivity contribution in [2.24, 2.45) is 0 Å². The van der Waals surface area contributed by atoms with Crippen LogP contribution in [-0.4, -0.2) is 109 Å². The summed E-state index contributed by atoms with van der Waals surface area (Å²) in [5, 5.41) is 9.74. The van der Waals surface area contributed by atoms with E-state index in [-0.39, 0.29) is 44.4 Å². The van der Waals surface area contributed by atoms with Crippen molar-refractivity contribution in [1.82, 2.24) is 21.3 Å². The van der Waals surface area contributed by atoms with Crippen LogP contribution in [0.15, 0.2) is 0 Å². The van der Waals surface area contributed by atoms with Crippen LogP contribution in [0, 0.1) is 0 Å². The number of unbranched alkanes of at least 4 members (excludes halogenated alkanes) is 24. The van der Waals surface area contributed by atoms with E-state index in [4.69, 9.17) is 18.9 Å². The van der Waals surface area contributed by atoms with Gasteiger partial charge in [0, 0.05) is 37.2 Å². The third-order valence-electron chi connectivity index (χ3n) is 11.9. The van der Waals surface area contributed by atoms with Crippen LogP contribution in [0.3, 0.4) is 0 Å². The van der Waals surface area contributed by atoms with E-state index in [1.165, 1.54) is 140 Å². The van der Waals surface area contributed by atoms with Crippen molar-refractivity contribution in [3.05, 3.63) is 0 Å². The Bertz CT molecular complexity index is 1550. The lowest BCUT2D eigenvalue weighted by atomic mass is 10.0. The standard InChI is InChI=1S/C57H104N4O12S/c1-9-11-13-15-17-19-21-23-25-27-29-31-33-35-52(66)70-44-46(71-53(67)36-34-32-30-28-26-24-22-20-18-16-14-12-10-2)45-74-40-39-48(62)58-41-49(63)59-42-50(64)60-43-51(65)61-47(55(69)73-57(6,7)8)37-38-54(68)72-56(3,4)5/h46-47H,9-45H2,1-8H3,(H,58,62)(H,59,63)(H,60,64)(H,61,65)/t46?,47-/m0/s1. The van der Waals surface area contributed by atoms with E-state index < -0.39 is 72.0 Å². The van der Waals surface area contributed by atoms with Crippen molar-refractivity contribution in [3.63, 3.8) is 0 Å². The minimum absolute atomic E-state index is 0.0539. The molecule has 0 spiro atoms. The summed E-state index contributed by atoms with van der Waals surface area (Å²) in [5.41, 5.74) is -1.58. The zero-order valence-electron chi connectivity index (χ0n) is 47.6. The van der Waals surface area contributed by atoms with E-state index in [1.807, 2.05) is 0 Å². The summed E-state index contributed by atoms with van der Waals surface area (Å²) < 4.78 is 22.1. The van der Waals surface area contributed by atoms with Gasteiger partial charge in [-0.15, -0.1) is 0 Å². The molecule has 0 rings (SSSR count). The molecule has 0 fully saturated rings. The molecule has 1 unspecified atom stereocenters. The average Bonchev–Trinajstić information content (AvgIpc) is 3.33. The van der Waals surface area contributed by atoms with Crippen LogP contribution in [0.5, 0.6) is 0 Å². The lowest BCUT2D eigenvalue weighted by Gasteiger charge is -2.25. The van der Waals surface area contributed by atoms with E-state index in [9.17, 15) is 38.4 Å². The lowest BCUT2D eigenvalue weighted by Crippen LogP contribution is -2.49. The second kappa shape index (κ2) is 45.3. The SMILES string of the molecule is CCCCCCCCCCCCCCCC(=O)OCC(CSCCC(=O)NCC(=O)NCC(=O)NCC(=O)N[C@@H](CCC(=O)OC(C)(C)C)C(=O)OC(C)(C)C)OC(=O)CCCCCCCCCCCCCCC. The minimum Gasteiger partial charge on any atom is -0.462 e. The highest BCUT2D eigenvalue weighted by atomic mass is 32.2. The summed E-state index contributed by atoms with van der Waals surface area (Å²) in [6.45, 7) is 13.2. The first-order valence-corrected chi connectivity index (χ1v) is 29.9. The highest BCUT2D eigenvalue weighted by Crippen LogP contribution is 2.18. The van der Waals surface area contributed by atoms with Gasteiger partial charge in [-0.1, -0.05) is 168 Å². The Labute approximate surface area is 451 Å². The Kier molecular flexibility index (Phi) is 42.9. The molecule has 0 aromatic heterocycles. The molecule has 0 radical (unpaired) electrons. The predicted octanol–water partition coefficient (Wildman–Crippen LogP) is 10.8. The summed E-state index contributed by atoms with van der Waals surface area (Å²) in [5.74, 6) is -3.70. The predicted molar refractivity (Wildman–Crippen MR) is 295 cm³/mol. The van der Waals surface area contributed by atoms with Crippen LogP contribution in [0.4, 0.5) is 0 Å². The molecule has 0 saturated heterocycles. The monoisotopic (exact) mass is 1070 g/mol. The number of esters is 4. The molecule has 0 aliphatic rings. The first-order valence-electron chi connectivity index (χ1n) is 28.7. The fourth-order valence-corrected chi connectivity index (χ4v) is 8.77. The Morgan fingerprint density at radius 1 is 0.432 bits per heavy atom. The Hall–Kier alpha value is -3.89. The van der Waals surface area contributed by atoms with E-state index in [0.717, 1.165) is 38.5 Å². The molecule has 16 nitrogen and oxygen atoms in total. The van der Waals surface area contributed by atoms with Crippen molar-refractivity contribution >= 4 is 59.3 Å². The van der Waals surface area contributed by atoms with Gasteiger partial charge in [-0.2, -0.15) is 11.8 Å². The summed E-state index contributed by atoms with van der Waals surface area (Å²) >= 11 is 1.38. The number of hydrogen-bond donors (Lipinski definition) is 4. The Balaban J connectivity index is 4.78. The molecule has 74 heavy (non-hydrogen) atoms. The van der Waals surface area contributed by atoms with Crippen LogP contribution in [0.1, 0.15) is 254 Å². The molecular formula is C57H104N4O12S. The van der Waals surface area contributed by atoms with E-state index in [0.29, 0.717) is 24.3 Å². The maximum atomic E-state index is 12.9. The zero-order valence-corrected chi connectivity index (χ0v) is 48.4. The zero-order chi connectivity index (χ0) is 55.3. The average molecular weight is 1070 g/mol. The number of thioether (sulfide) groups is 1. The van der Waals surface area contributed by atoms with Crippen molar-refractivity contribution in [2.75, 3.05) is 37.7 Å². The van der Waals surface area contributed by atoms with Gasteiger partial charge < -0.3 is 40.2 Å². The molecule has 0 aromatic rings. The maximum Gasteiger partial charge on any atom is 0.329 e. The molecule has 4 N–H and O–H groups in total. The quantitative estimate of drug-likeness (QED) is 0.0253. The second-order valence-corrected chi connectivity index (χ2v) is 22.9. The third kappa shape index (κ3) is 47.8. The van der Waals surface area contributed by atoms with E-state index in [1.54, 1.807) is 41.5 Å². The number of hydrogen-bond acceptors (Lipinski definition) is 13. The van der Waals surface area contributed by atoms with Gasteiger partial charge in [-0.3, -0.25) is 33.6 Å². The number of nitrogens with one attached hydrogen (secondary N) is 4. The molecule has 2 atom stereocenters. The van der Waals surface area contributed by atoms with Crippen LogP contribution < -0.4 is 21.3 Å². The van der Waals surface area contributed by atoms with Crippen molar-refractivity contribution in [1.29, 1.82) is 0 Å². The molecule has 0 heterocycles. The smallest absolute Gasteiger partial charge is 0.329 e. The summed E-state index contributed by atoms with van der Waals surface area (Å²) in [7, 11) is 0. The number of carbonyl (C=O) groups excluding carboxylic acids is 8. The van der Waals surface area contributed by atoms with Crippen molar-refractivity contribution in [3.8, 4) is 0 Å². The van der Waals surface area contributed by atoms with Gasteiger partial charge in [-0.05, 0) is 60.8 Å². The molecule has 4 amide bonds. The van der Waals surface area contributed by atoms with Crippen LogP contribution >= 0.6 is 11.8 Å². The fraction of sp³-hybridized carbons (Fsp3) is 0.860. The van der Waals surface area contributed by atoms with Gasteiger partial charge in [0.05, 0.1) is 19.6 Å². The highest BCUT2D eigenvalue weighted by molar-refractivity contribution is 7.99. The number of amides is 4. The maximum absolute atomic E-state index is 12.9. The van der Waals surface area contributed by atoms with Gasteiger partial charge in [0.1, 0.15) is 30.0 Å². The molecule has 17 heteroatoms. The van der Waals surface area contributed by atoms with Gasteiger partial charge in [0.15, 0.2) is 0 Å². The lowest BCUT2D eigenvalue weighted by molar-refractivity contribution is -0.160. The highest BCUT2D eigenvalue weighted by Gasteiger charge is 2.28. The van der Waals surface area contributed by atoms with Crippen LogP contribution in [0.2, 0.25) is 0 Å². The van der Waals surface area contributed by atoms with Gasteiger partial charge in [-0.25, -0.2) is 4.79 Å². The van der Waals surface area contributed by atoms with E-state index in [2.05, 4.69) is 35.1 Å². The summed E-state index contributed by atoms with van der Waals surface area (Å²) in [6.07, 6.45) is 31.2. The van der Waals surface area contributed by atoms with Gasteiger partial charge >= 0.3 is 23.9 Å². The molecule has 0 aliphatic heterocycles. The normalized spacial score (nSPS) is 12.3. The molecular weight excluding hydrogens is 965 g/mol. The largest absolute Gasteiger partial charge is 0.462 e. The van der Waals surface area contributed by atoms with Crippen LogP contribution in [-0.2, 0) is 57.3 Å². The first kappa shape index (κ1) is 70.1. The number of rotatable bonds is 47. The third-order valence-corrected chi connectivity index (χ3v) is 13.0. The van der Waals surface area contributed by atoms with E-state index >= 15 is 0 Å². The minimum atomic E-state index is -1.18. The Morgan fingerprint density at radius 3 is 1.26 bits per heavy atom. The molecule has 0 aromatic carbocycles. The fourth-order valence-electron chi connectivity index (χ4n) is 7.84. The second-order valence-electron chi connectivity index (χ2n) is 21.7. The first-order chi connectivity index (χ1) is 35.2. The summed E-state index contributed by atoms with van der Waals surface area (Å²) in [4.78, 5) is 101. The molecule has 0 bridgehead atoms. The van der Waals surface area contributed by atoms with Gasteiger partial charge in [0.2, 0.25) is 23.6 Å². The Morgan fingerprint density at radius 2 is 0.824 bits per heavy atom. The van der Waals surface area contributed by atoms with Crippen LogP contribution in [0.25, 0.3) is 0 Å². The van der Waals surface area contributed by atoms with Gasteiger partial charge in [0.25, 0.3) is 0 Å². The molecule has 430 valence electrons. The number of carbonyl (C=O) groups is 8. The summed E-state index contributed by atoms with van der Waals surface area (Å²) in [6, 6.07) is -1.18. The molecule has 0 saturated carbocycles. The van der Waals surface area contributed by atoms with Crippen molar-refractivity contribution in [2.45, 2.75) is 278 Å². The molecule has 0 aliphatic carbocycles. The number of ether oxygens (including phenoxy) is 4. The topological polar surface area (TPSA) is 222 Å².